The first kappa shape index (κ1) is 24.5. The Morgan fingerprint density at radius 2 is 0.714 bits per heavy atom. The summed E-state index contributed by atoms with van der Waals surface area (Å²) in [6.07, 6.45) is 4.79. The molecule has 0 radical (unpaired) electrons. The molecule has 2 rings (SSSR count). The molecule has 2 aromatic carbocycles. The summed E-state index contributed by atoms with van der Waals surface area (Å²) in [5.41, 5.74) is 5.90. The molecule has 0 aromatic heterocycles. The quantitative estimate of drug-likeness (QED) is 0.433. The second kappa shape index (κ2) is 12.8. The molecule has 0 aliphatic carbocycles. The lowest BCUT2D eigenvalue weighted by Crippen LogP contribution is -1.97. The molecule has 0 saturated heterocycles. The van der Waals surface area contributed by atoms with Crippen molar-refractivity contribution in [1.29, 1.82) is 0 Å². The van der Waals surface area contributed by atoms with Gasteiger partial charge in [0.25, 0.3) is 0 Å². The van der Waals surface area contributed by atoms with Crippen molar-refractivity contribution in [3.63, 3.8) is 0 Å². The van der Waals surface area contributed by atoms with E-state index >= 15 is 0 Å². The minimum atomic E-state index is 0.754. The molecule has 0 atom stereocenters. The van der Waals surface area contributed by atoms with Crippen LogP contribution < -0.4 is 0 Å². The number of benzene rings is 2. The largest absolute Gasteiger partial charge is 0.0625 e. The molecule has 2 aromatic rings. The van der Waals surface area contributed by atoms with E-state index in [0.29, 0.717) is 0 Å². The zero-order chi connectivity index (χ0) is 21.1. The van der Waals surface area contributed by atoms with Crippen LogP contribution in [0.4, 0.5) is 0 Å². The van der Waals surface area contributed by atoms with Crippen molar-refractivity contribution in [2.75, 3.05) is 0 Å². The van der Waals surface area contributed by atoms with Gasteiger partial charge in [-0.15, -0.1) is 0 Å². The fourth-order valence-electron chi connectivity index (χ4n) is 3.58. The fourth-order valence-corrected chi connectivity index (χ4v) is 3.58. The second-order valence-corrected chi connectivity index (χ2v) is 10.0. The summed E-state index contributed by atoms with van der Waals surface area (Å²) in [6.45, 7) is 18.2. The van der Waals surface area contributed by atoms with Crippen LogP contribution in [0, 0.1) is 23.7 Å². The summed E-state index contributed by atoms with van der Waals surface area (Å²) in [4.78, 5) is 0. The molecule has 0 spiro atoms. The SMILES string of the molecule is CC(C)Cc1ccc(CC(C)C)cc1.CC(C)Cc1cccc(CC(C)C)c1. The number of hydrogen-bond donors (Lipinski definition) is 0. The normalized spacial score (nSPS) is 11.3. The van der Waals surface area contributed by atoms with Crippen molar-refractivity contribution >= 4 is 0 Å². The highest BCUT2D eigenvalue weighted by molar-refractivity contribution is 5.24. The maximum absolute atomic E-state index is 2.36. The van der Waals surface area contributed by atoms with Crippen molar-refractivity contribution in [3.05, 3.63) is 70.8 Å². The van der Waals surface area contributed by atoms with Gasteiger partial charge in [0.1, 0.15) is 0 Å². The molecule has 0 unspecified atom stereocenters. The van der Waals surface area contributed by atoms with Crippen LogP contribution in [0.3, 0.4) is 0 Å². The van der Waals surface area contributed by atoms with Gasteiger partial charge in [0.15, 0.2) is 0 Å². The average molecular weight is 381 g/mol. The summed E-state index contributed by atoms with van der Waals surface area (Å²) in [5.74, 6) is 3.02. The Bertz CT molecular complexity index is 590. The summed E-state index contributed by atoms with van der Waals surface area (Å²) in [7, 11) is 0. The lowest BCUT2D eigenvalue weighted by Gasteiger charge is -2.09. The van der Waals surface area contributed by atoms with E-state index in [9.17, 15) is 0 Å². The minimum Gasteiger partial charge on any atom is -0.0625 e. The van der Waals surface area contributed by atoms with Crippen LogP contribution in [0.1, 0.15) is 77.6 Å². The highest BCUT2D eigenvalue weighted by Crippen LogP contribution is 2.14. The Balaban J connectivity index is 0.000000280. The molecule has 0 nitrogen and oxygen atoms in total. The van der Waals surface area contributed by atoms with Crippen LogP contribution in [0.5, 0.6) is 0 Å². The van der Waals surface area contributed by atoms with Crippen LogP contribution in [0.2, 0.25) is 0 Å². The van der Waals surface area contributed by atoms with Gasteiger partial charge in [-0.2, -0.15) is 0 Å². The third-order valence-corrected chi connectivity index (χ3v) is 4.59. The van der Waals surface area contributed by atoms with E-state index in [2.05, 4.69) is 104 Å². The number of rotatable bonds is 8. The summed E-state index contributed by atoms with van der Waals surface area (Å²) >= 11 is 0. The highest BCUT2D eigenvalue weighted by atomic mass is 14.1. The predicted octanol–water partition coefficient (Wildman–Crippen LogP) is 8.17. The van der Waals surface area contributed by atoms with Crippen LogP contribution in [-0.4, -0.2) is 0 Å². The first-order valence-electron chi connectivity index (χ1n) is 11.3. The molecule has 0 aliphatic heterocycles. The van der Waals surface area contributed by atoms with Crippen molar-refractivity contribution in [2.24, 2.45) is 23.7 Å². The Kier molecular flexibility index (Phi) is 11.2. The van der Waals surface area contributed by atoms with E-state index in [4.69, 9.17) is 0 Å². The van der Waals surface area contributed by atoms with Crippen molar-refractivity contribution in [2.45, 2.75) is 81.1 Å². The molecule has 0 bridgehead atoms. The Hall–Kier alpha value is -1.56. The van der Waals surface area contributed by atoms with Crippen LogP contribution in [0.15, 0.2) is 48.5 Å². The Morgan fingerprint density at radius 3 is 1.00 bits per heavy atom. The molecule has 0 fully saturated rings. The van der Waals surface area contributed by atoms with Gasteiger partial charge in [-0.3, -0.25) is 0 Å². The van der Waals surface area contributed by atoms with Gasteiger partial charge in [0, 0.05) is 0 Å². The van der Waals surface area contributed by atoms with E-state index in [0.717, 1.165) is 23.7 Å². The molecular formula is C28H44. The van der Waals surface area contributed by atoms with Gasteiger partial charge in [0.05, 0.1) is 0 Å². The van der Waals surface area contributed by atoms with E-state index < -0.39 is 0 Å². The maximum Gasteiger partial charge on any atom is -0.0256 e. The van der Waals surface area contributed by atoms with Crippen LogP contribution in [0.25, 0.3) is 0 Å². The summed E-state index contributed by atoms with van der Waals surface area (Å²) < 4.78 is 0. The van der Waals surface area contributed by atoms with Gasteiger partial charge < -0.3 is 0 Å². The van der Waals surface area contributed by atoms with Gasteiger partial charge in [0.2, 0.25) is 0 Å². The lowest BCUT2D eigenvalue weighted by atomic mass is 9.97. The predicted molar refractivity (Wildman–Crippen MR) is 127 cm³/mol. The second-order valence-electron chi connectivity index (χ2n) is 10.0. The monoisotopic (exact) mass is 380 g/mol. The average Bonchev–Trinajstić information content (AvgIpc) is 2.55. The van der Waals surface area contributed by atoms with E-state index in [1.54, 1.807) is 0 Å². The molecule has 0 amide bonds. The van der Waals surface area contributed by atoms with Gasteiger partial charge in [-0.25, -0.2) is 0 Å². The molecule has 0 saturated carbocycles. The highest BCUT2D eigenvalue weighted by Gasteiger charge is 2.01. The van der Waals surface area contributed by atoms with Crippen molar-refractivity contribution < 1.29 is 0 Å². The van der Waals surface area contributed by atoms with Crippen molar-refractivity contribution in [3.8, 4) is 0 Å². The Labute approximate surface area is 175 Å². The smallest absolute Gasteiger partial charge is 0.0256 e. The zero-order valence-corrected chi connectivity index (χ0v) is 19.8. The number of hydrogen-bond acceptors (Lipinski definition) is 0. The van der Waals surface area contributed by atoms with E-state index in [1.165, 1.54) is 47.9 Å². The standard InChI is InChI=1S/2C14H22/c1-11(2)9-13-5-7-14(8-6-13)10-12(3)4;1-11(2)8-13-6-5-7-14(10-13)9-12(3)4/h5-8,11-12H,9-10H2,1-4H3;5-7,10-12H,8-9H2,1-4H3. The van der Waals surface area contributed by atoms with Crippen LogP contribution >= 0.6 is 0 Å². The molecule has 0 N–H and O–H groups in total. The van der Waals surface area contributed by atoms with E-state index in [1.807, 2.05) is 0 Å². The molecule has 0 heterocycles. The topological polar surface area (TPSA) is 0 Å². The van der Waals surface area contributed by atoms with Crippen LogP contribution in [-0.2, 0) is 25.7 Å². The van der Waals surface area contributed by atoms with Gasteiger partial charge >= 0.3 is 0 Å². The fraction of sp³-hybridized carbons (Fsp3) is 0.571. The van der Waals surface area contributed by atoms with Gasteiger partial charge in [-0.1, -0.05) is 104 Å². The maximum atomic E-state index is 2.36. The third kappa shape index (κ3) is 11.3. The molecular weight excluding hydrogens is 336 g/mol. The summed E-state index contributed by atoms with van der Waals surface area (Å²) in [5, 5.41) is 0. The van der Waals surface area contributed by atoms with Crippen molar-refractivity contribution in [1.82, 2.24) is 0 Å². The first-order chi connectivity index (χ1) is 13.2. The summed E-state index contributed by atoms with van der Waals surface area (Å²) in [6, 6.07) is 18.1. The molecule has 156 valence electrons. The molecule has 0 heteroatoms. The zero-order valence-electron chi connectivity index (χ0n) is 19.8. The Morgan fingerprint density at radius 1 is 0.429 bits per heavy atom. The third-order valence-electron chi connectivity index (χ3n) is 4.59. The van der Waals surface area contributed by atoms with E-state index in [-0.39, 0.29) is 0 Å². The first-order valence-corrected chi connectivity index (χ1v) is 11.3. The molecule has 28 heavy (non-hydrogen) atoms. The van der Waals surface area contributed by atoms with Gasteiger partial charge in [-0.05, 0) is 71.6 Å². The molecule has 0 aliphatic rings. The minimum absolute atomic E-state index is 0.754. The lowest BCUT2D eigenvalue weighted by molar-refractivity contribution is 0.636.